The minimum atomic E-state index is -0.399. The Bertz CT molecular complexity index is 1090. The van der Waals surface area contributed by atoms with Crippen LogP contribution in [0.2, 0.25) is 0 Å². The Labute approximate surface area is 209 Å². The Morgan fingerprint density at radius 3 is 2.51 bits per heavy atom. The maximum absolute atomic E-state index is 13.7. The van der Waals surface area contributed by atoms with Crippen LogP contribution >= 0.6 is 0 Å². The average Bonchev–Trinajstić information content (AvgIpc) is 3.19. The highest BCUT2D eigenvalue weighted by molar-refractivity contribution is 5.94. The summed E-state index contributed by atoms with van der Waals surface area (Å²) >= 11 is 0. The third-order valence-electron chi connectivity index (χ3n) is 6.35. The van der Waals surface area contributed by atoms with Crippen molar-refractivity contribution in [2.75, 3.05) is 32.7 Å². The molecule has 0 radical (unpaired) electrons. The zero-order valence-corrected chi connectivity index (χ0v) is 21.7. The van der Waals surface area contributed by atoms with E-state index in [0.717, 1.165) is 69.0 Å². The number of halogens is 1. The molecule has 0 spiro atoms. The van der Waals surface area contributed by atoms with Gasteiger partial charge >= 0.3 is 0 Å². The standard InChI is InChI=1S/C28H40FN5O/c1-5-15-33(28(35)23-10-9-11-24(29)19-23)21-27-31-25-18-22(12-13-26(25)34(27)16-6-2)20-30-14-17-32(7-3)8-4/h9-13,18-19,30H,5-8,14-17,20-21H2,1-4H3. The van der Waals surface area contributed by atoms with Crippen LogP contribution in [0.25, 0.3) is 11.0 Å². The number of benzene rings is 2. The SMILES string of the molecule is CCCN(Cc1nc2cc(CNCCN(CC)CC)ccc2n1CCC)C(=O)c1cccc(F)c1. The highest BCUT2D eigenvalue weighted by Gasteiger charge is 2.20. The summed E-state index contributed by atoms with van der Waals surface area (Å²) in [6, 6.07) is 12.4. The van der Waals surface area contributed by atoms with Gasteiger partial charge in [0.1, 0.15) is 11.6 Å². The number of amides is 1. The molecule has 190 valence electrons. The second-order valence-electron chi connectivity index (χ2n) is 8.94. The van der Waals surface area contributed by atoms with E-state index in [9.17, 15) is 9.18 Å². The molecule has 6 nitrogen and oxygen atoms in total. The third-order valence-corrected chi connectivity index (χ3v) is 6.35. The van der Waals surface area contributed by atoms with Crippen LogP contribution in [0.15, 0.2) is 42.5 Å². The van der Waals surface area contributed by atoms with Crippen molar-refractivity contribution in [1.29, 1.82) is 0 Å². The van der Waals surface area contributed by atoms with Crippen molar-refractivity contribution in [3.05, 3.63) is 65.2 Å². The summed E-state index contributed by atoms with van der Waals surface area (Å²) < 4.78 is 16.0. The molecule has 1 aromatic heterocycles. The maximum atomic E-state index is 13.7. The van der Waals surface area contributed by atoms with E-state index < -0.39 is 5.82 Å². The highest BCUT2D eigenvalue weighted by Crippen LogP contribution is 2.21. The van der Waals surface area contributed by atoms with Gasteiger partial charge in [-0.15, -0.1) is 0 Å². The number of aromatic nitrogens is 2. The largest absolute Gasteiger partial charge is 0.331 e. The van der Waals surface area contributed by atoms with Gasteiger partial charge in [0.2, 0.25) is 0 Å². The van der Waals surface area contributed by atoms with Gasteiger partial charge in [-0.1, -0.05) is 39.8 Å². The van der Waals surface area contributed by atoms with Crippen molar-refractivity contribution in [1.82, 2.24) is 24.7 Å². The molecule has 3 aromatic rings. The number of hydrogen-bond donors (Lipinski definition) is 1. The lowest BCUT2D eigenvalue weighted by atomic mass is 10.2. The number of aryl methyl sites for hydroxylation is 1. The van der Waals surface area contributed by atoms with Crippen LogP contribution in [0, 0.1) is 5.82 Å². The van der Waals surface area contributed by atoms with Gasteiger partial charge in [0, 0.05) is 38.3 Å². The lowest BCUT2D eigenvalue weighted by molar-refractivity contribution is 0.0736. The summed E-state index contributed by atoms with van der Waals surface area (Å²) in [6.45, 7) is 15.3. The first-order valence-electron chi connectivity index (χ1n) is 13.0. The second-order valence-corrected chi connectivity index (χ2v) is 8.94. The summed E-state index contributed by atoms with van der Waals surface area (Å²) in [7, 11) is 0. The molecule has 0 fully saturated rings. The predicted octanol–water partition coefficient (Wildman–Crippen LogP) is 5.07. The molecule has 0 bridgehead atoms. The lowest BCUT2D eigenvalue weighted by Crippen LogP contribution is -2.32. The smallest absolute Gasteiger partial charge is 0.254 e. The summed E-state index contributed by atoms with van der Waals surface area (Å²) in [5, 5.41) is 3.54. The van der Waals surface area contributed by atoms with Crippen LogP contribution in [0.5, 0.6) is 0 Å². The molecule has 1 amide bonds. The summed E-state index contributed by atoms with van der Waals surface area (Å²) in [5.41, 5.74) is 3.61. The second kappa shape index (κ2) is 13.4. The predicted molar refractivity (Wildman–Crippen MR) is 141 cm³/mol. The number of likely N-dealkylation sites (N-methyl/N-ethyl adjacent to an activating group) is 1. The molecular formula is C28H40FN5O. The fourth-order valence-electron chi connectivity index (χ4n) is 4.44. The third kappa shape index (κ3) is 7.12. The Kier molecular flexibility index (Phi) is 10.2. The number of rotatable bonds is 14. The Morgan fingerprint density at radius 2 is 1.83 bits per heavy atom. The van der Waals surface area contributed by atoms with Crippen molar-refractivity contribution >= 4 is 16.9 Å². The highest BCUT2D eigenvalue weighted by atomic mass is 19.1. The summed E-state index contributed by atoms with van der Waals surface area (Å²) in [6.07, 6.45) is 1.79. The molecule has 1 heterocycles. The molecule has 35 heavy (non-hydrogen) atoms. The maximum Gasteiger partial charge on any atom is 0.254 e. The van der Waals surface area contributed by atoms with E-state index >= 15 is 0 Å². The summed E-state index contributed by atoms with van der Waals surface area (Å²) in [4.78, 5) is 22.3. The molecule has 0 atom stereocenters. The normalized spacial score (nSPS) is 11.5. The molecule has 0 aliphatic rings. The number of nitrogens with zero attached hydrogens (tertiary/aromatic N) is 4. The van der Waals surface area contributed by atoms with Crippen molar-refractivity contribution < 1.29 is 9.18 Å². The molecule has 0 saturated carbocycles. The Morgan fingerprint density at radius 1 is 1.03 bits per heavy atom. The lowest BCUT2D eigenvalue weighted by Gasteiger charge is -2.22. The van der Waals surface area contributed by atoms with E-state index in [4.69, 9.17) is 4.98 Å². The van der Waals surface area contributed by atoms with Gasteiger partial charge in [0.15, 0.2) is 0 Å². The van der Waals surface area contributed by atoms with Crippen LogP contribution in [0.3, 0.4) is 0 Å². The number of fused-ring (bicyclic) bond motifs is 1. The summed E-state index contributed by atoms with van der Waals surface area (Å²) in [5.74, 6) is 0.301. The Hall–Kier alpha value is -2.77. The van der Waals surface area contributed by atoms with Gasteiger partial charge in [-0.3, -0.25) is 4.79 Å². The molecule has 2 aromatic carbocycles. The monoisotopic (exact) mass is 481 g/mol. The van der Waals surface area contributed by atoms with Gasteiger partial charge in [-0.2, -0.15) is 0 Å². The van der Waals surface area contributed by atoms with Crippen LogP contribution in [-0.2, 0) is 19.6 Å². The Balaban J connectivity index is 1.79. The molecule has 0 aliphatic carbocycles. The minimum absolute atomic E-state index is 0.167. The van der Waals surface area contributed by atoms with Crippen LogP contribution in [0.4, 0.5) is 4.39 Å². The van der Waals surface area contributed by atoms with E-state index in [0.29, 0.717) is 18.7 Å². The zero-order chi connectivity index (χ0) is 25.2. The van der Waals surface area contributed by atoms with Gasteiger partial charge in [0.05, 0.1) is 17.6 Å². The van der Waals surface area contributed by atoms with E-state index in [1.165, 1.54) is 17.7 Å². The van der Waals surface area contributed by atoms with Gasteiger partial charge in [-0.05, 0) is 61.8 Å². The molecule has 7 heteroatoms. The van der Waals surface area contributed by atoms with E-state index in [2.05, 4.69) is 53.8 Å². The number of nitrogens with one attached hydrogen (secondary N) is 1. The number of carbonyl (C=O) groups excluding carboxylic acids is 1. The van der Waals surface area contributed by atoms with Gasteiger partial charge < -0.3 is 19.7 Å². The fourth-order valence-corrected chi connectivity index (χ4v) is 4.44. The minimum Gasteiger partial charge on any atom is -0.331 e. The van der Waals surface area contributed by atoms with E-state index in [1.54, 1.807) is 17.0 Å². The molecular weight excluding hydrogens is 441 g/mol. The molecule has 0 unspecified atom stereocenters. The van der Waals surface area contributed by atoms with Crippen molar-refractivity contribution in [3.8, 4) is 0 Å². The quantitative estimate of drug-likeness (QED) is 0.327. The number of hydrogen-bond acceptors (Lipinski definition) is 4. The van der Waals surface area contributed by atoms with E-state index in [-0.39, 0.29) is 5.91 Å². The van der Waals surface area contributed by atoms with Gasteiger partial charge in [0.25, 0.3) is 5.91 Å². The van der Waals surface area contributed by atoms with Crippen molar-refractivity contribution in [2.45, 2.75) is 60.2 Å². The van der Waals surface area contributed by atoms with Crippen LogP contribution in [0.1, 0.15) is 62.3 Å². The van der Waals surface area contributed by atoms with Crippen molar-refractivity contribution in [2.24, 2.45) is 0 Å². The first kappa shape index (κ1) is 26.8. The van der Waals surface area contributed by atoms with Crippen LogP contribution in [-0.4, -0.2) is 58.0 Å². The fraction of sp³-hybridized carbons (Fsp3) is 0.500. The first-order chi connectivity index (χ1) is 17.0. The van der Waals surface area contributed by atoms with Gasteiger partial charge in [-0.25, -0.2) is 9.37 Å². The zero-order valence-electron chi connectivity index (χ0n) is 21.7. The van der Waals surface area contributed by atoms with E-state index in [1.807, 2.05) is 6.92 Å². The van der Waals surface area contributed by atoms with Crippen molar-refractivity contribution in [3.63, 3.8) is 0 Å². The average molecular weight is 482 g/mol. The number of imidazole rings is 1. The number of carbonyl (C=O) groups is 1. The first-order valence-corrected chi connectivity index (χ1v) is 13.0. The molecule has 0 saturated heterocycles. The van der Waals surface area contributed by atoms with Crippen LogP contribution < -0.4 is 5.32 Å². The molecule has 1 N–H and O–H groups in total. The molecule has 3 rings (SSSR count). The topological polar surface area (TPSA) is 53.4 Å². The molecule has 0 aliphatic heterocycles.